The highest BCUT2D eigenvalue weighted by Gasteiger charge is 2.35. The topological polar surface area (TPSA) is 47.6 Å². The molecule has 0 aromatic rings. The van der Waals surface area contributed by atoms with Gasteiger partial charge in [0.05, 0.1) is 12.0 Å². The molecule has 0 aliphatic carbocycles. The van der Waals surface area contributed by atoms with E-state index in [0.29, 0.717) is 19.1 Å². The number of rotatable bonds is 6. The summed E-state index contributed by atoms with van der Waals surface area (Å²) in [6.07, 6.45) is 1.72. The van der Waals surface area contributed by atoms with E-state index in [0.717, 1.165) is 32.5 Å². The Morgan fingerprint density at radius 3 is 2.53 bits per heavy atom. The van der Waals surface area contributed by atoms with E-state index in [4.69, 9.17) is 9.47 Å². The molecule has 0 saturated carbocycles. The van der Waals surface area contributed by atoms with Gasteiger partial charge in [0.2, 0.25) is 0 Å². The van der Waals surface area contributed by atoms with Crippen molar-refractivity contribution in [2.75, 3.05) is 32.9 Å². The van der Waals surface area contributed by atoms with Crippen LogP contribution in [0.5, 0.6) is 0 Å². The first-order chi connectivity index (χ1) is 8.04. The minimum atomic E-state index is -0.302. The van der Waals surface area contributed by atoms with Gasteiger partial charge in [0, 0.05) is 6.61 Å². The molecule has 1 N–H and O–H groups in total. The maximum absolute atomic E-state index is 11.9. The third kappa shape index (κ3) is 5.04. The molecule has 17 heavy (non-hydrogen) atoms. The molecule has 0 aromatic carbocycles. The fourth-order valence-electron chi connectivity index (χ4n) is 1.87. The van der Waals surface area contributed by atoms with Crippen molar-refractivity contribution in [1.82, 2.24) is 5.32 Å². The van der Waals surface area contributed by atoms with Crippen LogP contribution in [0.25, 0.3) is 0 Å². The molecule has 0 radical (unpaired) electrons. The van der Waals surface area contributed by atoms with Crippen LogP contribution >= 0.6 is 0 Å². The molecule has 1 aliphatic heterocycles. The van der Waals surface area contributed by atoms with E-state index in [2.05, 4.69) is 19.2 Å². The van der Waals surface area contributed by atoms with E-state index in [9.17, 15) is 4.79 Å². The summed E-state index contributed by atoms with van der Waals surface area (Å²) < 4.78 is 10.7. The summed E-state index contributed by atoms with van der Waals surface area (Å²) in [4.78, 5) is 11.9. The quantitative estimate of drug-likeness (QED) is 0.568. The highest BCUT2D eigenvalue weighted by molar-refractivity contribution is 5.76. The molecule has 4 heteroatoms. The van der Waals surface area contributed by atoms with Gasteiger partial charge in [-0.2, -0.15) is 0 Å². The molecule has 1 heterocycles. The number of esters is 1. The standard InChI is InChI=1S/C13H25NO3/c1-11(2)10-16-8-9-17-12(15)13(3)4-6-14-7-5-13/h11,14H,4-10H2,1-3H3. The molecule has 1 rings (SSSR count). The maximum Gasteiger partial charge on any atom is 0.311 e. The van der Waals surface area contributed by atoms with Crippen molar-refractivity contribution in [3.63, 3.8) is 0 Å². The van der Waals surface area contributed by atoms with E-state index in [1.807, 2.05) is 6.92 Å². The first kappa shape index (κ1) is 14.5. The van der Waals surface area contributed by atoms with Crippen molar-refractivity contribution in [3.8, 4) is 0 Å². The number of hydrogen-bond acceptors (Lipinski definition) is 4. The first-order valence-corrected chi connectivity index (χ1v) is 6.50. The zero-order valence-corrected chi connectivity index (χ0v) is 11.3. The predicted octanol–water partition coefficient (Wildman–Crippen LogP) is 1.59. The minimum Gasteiger partial charge on any atom is -0.463 e. The molecular formula is C13H25NO3. The third-order valence-corrected chi connectivity index (χ3v) is 3.11. The van der Waals surface area contributed by atoms with E-state index in [1.165, 1.54) is 0 Å². The Labute approximate surface area is 104 Å². The summed E-state index contributed by atoms with van der Waals surface area (Å²) >= 11 is 0. The summed E-state index contributed by atoms with van der Waals surface area (Å²) in [5.41, 5.74) is -0.302. The van der Waals surface area contributed by atoms with E-state index in [1.54, 1.807) is 0 Å². The largest absolute Gasteiger partial charge is 0.463 e. The monoisotopic (exact) mass is 243 g/mol. The summed E-state index contributed by atoms with van der Waals surface area (Å²) in [6, 6.07) is 0. The minimum absolute atomic E-state index is 0.0767. The third-order valence-electron chi connectivity index (χ3n) is 3.11. The number of hydrogen-bond donors (Lipinski definition) is 1. The van der Waals surface area contributed by atoms with E-state index in [-0.39, 0.29) is 11.4 Å². The second-order valence-electron chi connectivity index (χ2n) is 5.42. The lowest BCUT2D eigenvalue weighted by atomic mass is 9.81. The van der Waals surface area contributed by atoms with E-state index >= 15 is 0 Å². The summed E-state index contributed by atoms with van der Waals surface area (Å²) in [5, 5.41) is 3.25. The van der Waals surface area contributed by atoms with Crippen LogP contribution in [0.1, 0.15) is 33.6 Å². The Morgan fingerprint density at radius 1 is 1.29 bits per heavy atom. The molecular weight excluding hydrogens is 218 g/mol. The molecule has 0 spiro atoms. The van der Waals surface area contributed by atoms with Crippen molar-refractivity contribution in [3.05, 3.63) is 0 Å². The molecule has 1 fully saturated rings. The van der Waals surface area contributed by atoms with Crippen LogP contribution in [0, 0.1) is 11.3 Å². The Balaban J connectivity index is 2.15. The molecule has 0 atom stereocenters. The second kappa shape index (κ2) is 6.97. The van der Waals surface area contributed by atoms with Gasteiger partial charge in [-0.3, -0.25) is 4.79 Å². The van der Waals surface area contributed by atoms with Crippen molar-refractivity contribution in [2.24, 2.45) is 11.3 Å². The van der Waals surface area contributed by atoms with Crippen LogP contribution in [0.3, 0.4) is 0 Å². The maximum atomic E-state index is 11.9. The van der Waals surface area contributed by atoms with Crippen LogP contribution < -0.4 is 5.32 Å². The van der Waals surface area contributed by atoms with Gasteiger partial charge in [0.25, 0.3) is 0 Å². The van der Waals surface area contributed by atoms with Gasteiger partial charge in [0.15, 0.2) is 0 Å². The van der Waals surface area contributed by atoms with Gasteiger partial charge in [0.1, 0.15) is 6.61 Å². The molecule has 1 aliphatic rings. The van der Waals surface area contributed by atoms with Gasteiger partial charge in [-0.25, -0.2) is 0 Å². The number of nitrogens with one attached hydrogen (secondary N) is 1. The van der Waals surface area contributed by atoms with Crippen molar-refractivity contribution >= 4 is 5.97 Å². The lowest BCUT2D eigenvalue weighted by molar-refractivity contribution is -0.158. The Morgan fingerprint density at radius 2 is 1.94 bits per heavy atom. The smallest absolute Gasteiger partial charge is 0.311 e. The molecule has 0 aromatic heterocycles. The van der Waals surface area contributed by atoms with Crippen LogP contribution in [0.4, 0.5) is 0 Å². The summed E-state index contributed by atoms with van der Waals surface area (Å²) in [5.74, 6) is 0.444. The fraction of sp³-hybridized carbons (Fsp3) is 0.923. The zero-order chi connectivity index (χ0) is 12.7. The van der Waals surface area contributed by atoms with Gasteiger partial charge in [-0.05, 0) is 38.8 Å². The Hall–Kier alpha value is -0.610. The average molecular weight is 243 g/mol. The zero-order valence-electron chi connectivity index (χ0n) is 11.3. The number of piperidine rings is 1. The molecule has 0 unspecified atom stereocenters. The lowest BCUT2D eigenvalue weighted by Crippen LogP contribution is -2.41. The van der Waals surface area contributed by atoms with Crippen LogP contribution in [0.15, 0.2) is 0 Å². The van der Waals surface area contributed by atoms with Crippen LogP contribution in [0.2, 0.25) is 0 Å². The predicted molar refractivity (Wildman–Crippen MR) is 66.8 cm³/mol. The SMILES string of the molecule is CC(C)COCCOC(=O)C1(C)CCNCC1. The highest BCUT2D eigenvalue weighted by atomic mass is 16.6. The van der Waals surface area contributed by atoms with Crippen molar-refractivity contribution < 1.29 is 14.3 Å². The lowest BCUT2D eigenvalue weighted by Gasteiger charge is -2.31. The number of carbonyl (C=O) groups excluding carboxylic acids is 1. The van der Waals surface area contributed by atoms with Crippen molar-refractivity contribution in [2.45, 2.75) is 33.6 Å². The van der Waals surface area contributed by atoms with Gasteiger partial charge in [-0.15, -0.1) is 0 Å². The normalized spacial score (nSPS) is 19.3. The van der Waals surface area contributed by atoms with Gasteiger partial charge in [-0.1, -0.05) is 13.8 Å². The molecule has 0 bridgehead atoms. The molecule has 0 amide bonds. The second-order valence-corrected chi connectivity index (χ2v) is 5.42. The van der Waals surface area contributed by atoms with Crippen molar-refractivity contribution in [1.29, 1.82) is 0 Å². The Kier molecular flexibility index (Phi) is 5.92. The summed E-state index contributed by atoms with van der Waals surface area (Å²) in [6.45, 7) is 9.58. The Bertz CT molecular complexity index is 235. The number of carbonyl (C=O) groups is 1. The average Bonchev–Trinajstić information content (AvgIpc) is 2.29. The van der Waals surface area contributed by atoms with Gasteiger partial charge < -0.3 is 14.8 Å². The van der Waals surface area contributed by atoms with Gasteiger partial charge >= 0.3 is 5.97 Å². The highest BCUT2D eigenvalue weighted by Crippen LogP contribution is 2.29. The van der Waals surface area contributed by atoms with E-state index < -0.39 is 0 Å². The molecule has 1 saturated heterocycles. The summed E-state index contributed by atoms with van der Waals surface area (Å²) in [7, 11) is 0. The first-order valence-electron chi connectivity index (χ1n) is 6.50. The fourth-order valence-corrected chi connectivity index (χ4v) is 1.87. The number of ether oxygens (including phenoxy) is 2. The molecule has 100 valence electrons. The van der Waals surface area contributed by atoms with Crippen LogP contribution in [-0.4, -0.2) is 38.9 Å². The molecule has 4 nitrogen and oxygen atoms in total. The van der Waals surface area contributed by atoms with Crippen LogP contribution in [-0.2, 0) is 14.3 Å².